The number of nitrogens with zero attached hydrogens (tertiary/aromatic N) is 7. The highest BCUT2D eigenvalue weighted by molar-refractivity contribution is 6.76. The smallest absolute Gasteiger partial charge is 0.410 e. The minimum atomic E-state index is -1.53. The van der Waals surface area contributed by atoms with Gasteiger partial charge in [-0.25, -0.2) is 29.2 Å². The molecule has 10 nitrogen and oxygen atoms in total. The molecule has 0 aromatic carbocycles. The Bertz CT molecular complexity index is 1260. The van der Waals surface area contributed by atoms with Crippen molar-refractivity contribution in [1.82, 2.24) is 29.5 Å². The molecule has 1 saturated heterocycles. The molecule has 2 aromatic heterocycles. The van der Waals surface area contributed by atoms with E-state index in [9.17, 15) is 10.1 Å². The number of hydrazine groups is 1. The van der Waals surface area contributed by atoms with E-state index in [1.54, 1.807) is 32.0 Å². The highest BCUT2D eigenvalue weighted by atomic mass is 28.3. The molecule has 39 heavy (non-hydrogen) atoms. The Morgan fingerprint density at radius 3 is 2.74 bits per heavy atom. The third kappa shape index (κ3) is 7.35. The largest absolute Gasteiger partial charge is 0.444 e. The zero-order chi connectivity index (χ0) is 28.4. The molecule has 1 fully saturated rings. The van der Waals surface area contributed by atoms with E-state index >= 15 is 4.39 Å². The van der Waals surface area contributed by atoms with Crippen molar-refractivity contribution in [2.45, 2.75) is 77.3 Å². The molecule has 1 amide bonds. The molecule has 1 atom stereocenters. The molecule has 12 heteroatoms. The summed E-state index contributed by atoms with van der Waals surface area (Å²) in [4.78, 5) is 22.8. The summed E-state index contributed by atoms with van der Waals surface area (Å²) in [6.07, 6.45) is 7.32. The lowest BCUT2D eigenvalue weighted by Crippen LogP contribution is -2.40. The van der Waals surface area contributed by atoms with E-state index in [0.717, 1.165) is 35.0 Å². The number of hydrogen-bond acceptors (Lipinski definition) is 8. The topological polar surface area (TPSA) is 99.8 Å². The number of amides is 1. The van der Waals surface area contributed by atoms with Crippen LogP contribution in [0.1, 0.15) is 39.3 Å². The summed E-state index contributed by atoms with van der Waals surface area (Å²) in [5, 5.41) is 13.9. The van der Waals surface area contributed by atoms with Gasteiger partial charge < -0.3 is 18.9 Å². The fourth-order valence-corrected chi connectivity index (χ4v) is 5.47. The van der Waals surface area contributed by atoms with Gasteiger partial charge in [-0.3, -0.25) is 0 Å². The van der Waals surface area contributed by atoms with Gasteiger partial charge in [-0.2, -0.15) is 5.26 Å². The van der Waals surface area contributed by atoms with Crippen LogP contribution < -0.4 is 0 Å². The summed E-state index contributed by atoms with van der Waals surface area (Å²) in [7, 11) is -1.16. The van der Waals surface area contributed by atoms with Gasteiger partial charge in [-0.15, -0.1) is 0 Å². The second-order valence-electron chi connectivity index (χ2n) is 12.6. The van der Waals surface area contributed by atoms with Crippen molar-refractivity contribution in [3.8, 4) is 6.19 Å². The Morgan fingerprint density at radius 2 is 2.05 bits per heavy atom. The predicted molar refractivity (Wildman–Crippen MR) is 150 cm³/mol. The second-order valence-corrected chi connectivity index (χ2v) is 18.3. The van der Waals surface area contributed by atoms with Crippen LogP contribution in [0.25, 0.3) is 16.6 Å². The first-order valence-electron chi connectivity index (χ1n) is 13.5. The second kappa shape index (κ2) is 11.2. The van der Waals surface area contributed by atoms with Crippen molar-refractivity contribution in [2.24, 2.45) is 0 Å². The van der Waals surface area contributed by atoms with E-state index in [-0.39, 0.29) is 19.4 Å². The third-order valence-electron chi connectivity index (χ3n) is 6.90. The quantitative estimate of drug-likeness (QED) is 0.245. The summed E-state index contributed by atoms with van der Waals surface area (Å²) >= 11 is 0. The van der Waals surface area contributed by atoms with E-state index in [2.05, 4.69) is 35.8 Å². The number of hydrogen-bond donors (Lipinski definition) is 0. The number of fused-ring (bicyclic) bond motifs is 1. The normalized spacial score (nSPS) is 20.5. The highest BCUT2D eigenvalue weighted by Crippen LogP contribution is 2.33. The van der Waals surface area contributed by atoms with Gasteiger partial charge in [0.15, 0.2) is 6.19 Å². The summed E-state index contributed by atoms with van der Waals surface area (Å²) < 4.78 is 28.9. The summed E-state index contributed by atoms with van der Waals surface area (Å²) in [6, 6.07) is 3.06. The van der Waals surface area contributed by atoms with Gasteiger partial charge in [0.1, 0.15) is 30.0 Å². The molecule has 0 saturated carbocycles. The molecular formula is C27H40FN7O3Si. The molecule has 2 aliphatic heterocycles. The Labute approximate surface area is 231 Å². The van der Waals surface area contributed by atoms with Crippen LogP contribution in [0.3, 0.4) is 0 Å². The molecule has 4 heterocycles. The highest BCUT2D eigenvalue weighted by Gasteiger charge is 2.42. The molecule has 0 spiro atoms. The van der Waals surface area contributed by atoms with E-state index < -0.39 is 25.4 Å². The summed E-state index contributed by atoms with van der Waals surface area (Å²) in [5.41, 5.74) is 0.214. The van der Waals surface area contributed by atoms with Crippen LogP contribution >= 0.6 is 0 Å². The van der Waals surface area contributed by atoms with E-state index in [0.29, 0.717) is 26.4 Å². The molecule has 2 aromatic rings. The lowest BCUT2D eigenvalue weighted by atomic mass is 10.0. The van der Waals surface area contributed by atoms with E-state index in [4.69, 9.17) is 9.47 Å². The van der Waals surface area contributed by atoms with Crippen molar-refractivity contribution in [3.63, 3.8) is 0 Å². The number of nitriles is 1. The fourth-order valence-electron chi connectivity index (χ4n) is 4.71. The van der Waals surface area contributed by atoms with Gasteiger partial charge in [0, 0.05) is 64.1 Å². The SMILES string of the molecule is CC(C)(C)OC(=O)N1CCC(F)(CCN2CC(c3ncnc4c3ccn4COCC[Si](C)(C)C)=CN2C#N)C1. The number of ether oxygens (including phenoxy) is 2. The zero-order valence-corrected chi connectivity index (χ0v) is 24.9. The number of halogens is 1. The average Bonchev–Trinajstić information content (AvgIpc) is 3.56. The Hall–Kier alpha value is -3.01. The first-order chi connectivity index (χ1) is 18.3. The number of carbonyl (C=O) groups excluding carboxylic acids is 1. The maximum atomic E-state index is 15.6. The van der Waals surface area contributed by atoms with Crippen LogP contribution in [0.4, 0.5) is 9.18 Å². The molecule has 0 N–H and O–H groups in total. The predicted octanol–water partition coefficient (Wildman–Crippen LogP) is 4.84. The Kier molecular flexibility index (Phi) is 8.35. The fraction of sp³-hybridized carbons (Fsp3) is 0.630. The molecule has 2 aliphatic rings. The van der Waals surface area contributed by atoms with Gasteiger partial charge in [-0.1, -0.05) is 19.6 Å². The van der Waals surface area contributed by atoms with E-state index in [1.165, 1.54) is 16.2 Å². The number of rotatable bonds is 9. The van der Waals surface area contributed by atoms with Gasteiger partial charge in [0.25, 0.3) is 0 Å². The van der Waals surface area contributed by atoms with Crippen LogP contribution in [0, 0.1) is 11.5 Å². The van der Waals surface area contributed by atoms with Crippen molar-refractivity contribution in [3.05, 3.63) is 30.5 Å². The van der Waals surface area contributed by atoms with Crippen molar-refractivity contribution >= 4 is 30.8 Å². The van der Waals surface area contributed by atoms with Crippen LogP contribution in [-0.2, 0) is 16.2 Å². The maximum absolute atomic E-state index is 15.6. The maximum Gasteiger partial charge on any atom is 0.410 e. The van der Waals surface area contributed by atoms with Crippen molar-refractivity contribution < 1.29 is 18.7 Å². The van der Waals surface area contributed by atoms with Gasteiger partial charge in [-0.05, 0) is 39.3 Å². The Morgan fingerprint density at radius 1 is 1.28 bits per heavy atom. The summed E-state index contributed by atoms with van der Waals surface area (Å²) in [5.74, 6) is 0. The zero-order valence-electron chi connectivity index (χ0n) is 23.9. The number of alkyl halides is 1. The first-order valence-corrected chi connectivity index (χ1v) is 17.2. The Balaban J connectivity index is 1.38. The molecule has 0 bridgehead atoms. The lowest BCUT2D eigenvalue weighted by Gasteiger charge is -2.27. The van der Waals surface area contributed by atoms with Crippen LogP contribution in [0.15, 0.2) is 24.8 Å². The third-order valence-corrected chi connectivity index (χ3v) is 8.60. The van der Waals surface area contributed by atoms with Crippen molar-refractivity contribution in [2.75, 3.05) is 32.8 Å². The van der Waals surface area contributed by atoms with Gasteiger partial charge in [0.05, 0.1) is 12.2 Å². The first kappa shape index (κ1) is 29.0. The van der Waals surface area contributed by atoms with Crippen LogP contribution in [0.5, 0.6) is 0 Å². The molecule has 212 valence electrons. The van der Waals surface area contributed by atoms with Gasteiger partial charge >= 0.3 is 6.09 Å². The van der Waals surface area contributed by atoms with Crippen LogP contribution in [-0.4, -0.2) is 87.7 Å². The minimum Gasteiger partial charge on any atom is -0.444 e. The minimum absolute atomic E-state index is 0.0113. The standard InChI is InChI=1S/C27H40FN7O3Si/c1-26(2,3)38-25(36)32-11-8-27(28,17-32)9-12-34-15-21(16-35(34)18-29)23-22-7-10-33(24(22)31-19-30-23)20-37-13-14-39(4,5)6/h7,10,16,19H,8-9,11-15,17,20H2,1-6H3. The number of aromatic nitrogens is 3. The number of likely N-dealkylation sites (tertiary alicyclic amines) is 1. The van der Waals surface area contributed by atoms with Gasteiger partial charge in [0.2, 0.25) is 0 Å². The average molecular weight is 558 g/mol. The lowest BCUT2D eigenvalue weighted by molar-refractivity contribution is 0.0235. The molecule has 0 aliphatic carbocycles. The molecule has 4 rings (SSSR count). The molecule has 1 unspecified atom stereocenters. The molecular weight excluding hydrogens is 517 g/mol. The van der Waals surface area contributed by atoms with Crippen molar-refractivity contribution in [1.29, 1.82) is 5.26 Å². The van der Waals surface area contributed by atoms with E-state index in [1.807, 2.05) is 16.8 Å². The number of carbonyl (C=O) groups is 1. The molecule has 0 radical (unpaired) electrons. The monoisotopic (exact) mass is 557 g/mol. The summed E-state index contributed by atoms with van der Waals surface area (Å²) in [6.45, 7) is 14.5. The van der Waals surface area contributed by atoms with Crippen LogP contribution in [0.2, 0.25) is 25.7 Å².